The van der Waals surface area contributed by atoms with Crippen LogP contribution < -0.4 is 5.32 Å². The van der Waals surface area contributed by atoms with Crippen LogP contribution in [0.25, 0.3) is 5.70 Å². The number of carbonyl (C=O) groups is 1. The van der Waals surface area contributed by atoms with Crippen molar-refractivity contribution in [3.05, 3.63) is 88.3 Å². The van der Waals surface area contributed by atoms with Crippen molar-refractivity contribution in [2.75, 3.05) is 6.54 Å². The number of nitrogens with one attached hydrogen (secondary N) is 1. The van der Waals surface area contributed by atoms with Crippen LogP contribution in [-0.4, -0.2) is 22.6 Å². The molecule has 0 saturated heterocycles. The molecule has 0 fully saturated rings. The summed E-state index contributed by atoms with van der Waals surface area (Å²) in [5, 5.41) is 11.8. The van der Waals surface area contributed by atoms with Crippen molar-refractivity contribution in [2.45, 2.75) is 0 Å². The fourth-order valence-electron chi connectivity index (χ4n) is 2.30. The van der Waals surface area contributed by atoms with Crippen LogP contribution in [0.15, 0.2) is 82.2 Å². The van der Waals surface area contributed by atoms with E-state index in [9.17, 15) is 4.79 Å². The van der Waals surface area contributed by atoms with E-state index in [1.807, 2.05) is 52.9 Å². The molecule has 0 radical (unpaired) electrons. The molecule has 0 bridgehead atoms. The van der Waals surface area contributed by atoms with Gasteiger partial charge < -0.3 is 0 Å². The summed E-state index contributed by atoms with van der Waals surface area (Å²) in [7, 11) is 0. The monoisotopic (exact) mass is 413 g/mol. The number of amidine groups is 1. The van der Waals surface area contributed by atoms with Gasteiger partial charge in [0, 0.05) is 21.0 Å². The third-order valence-corrected chi connectivity index (χ3v) is 4.69. The molecular weight excluding hydrogens is 398 g/mol. The predicted octanol–water partition coefficient (Wildman–Crippen LogP) is 4.68. The maximum Gasteiger partial charge on any atom is 0.257 e. The highest BCUT2D eigenvalue weighted by molar-refractivity contribution is 9.10. The van der Waals surface area contributed by atoms with Gasteiger partial charge >= 0.3 is 0 Å². The van der Waals surface area contributed by atoms with E-state index in [0.29, 0.717) is 17.3 Å². The van der Waals surface area contributed by atoms with Crippen LogP contribution >= 0.6 is 27.7 Å². The quantitative estimate of drug-likeness (QED) is 0.739. The van der Waals surface area contributed by atoms with Crippen LogP contribution in [-0.2, 0) is 0 Å². The Hall–Kier alpha value is -2.31. The fraction of sp³-hybridized carbons (Fsp3) is 0.0526. The molecule has 6 heteroatoms. The zero-order chi connectivity index (χ0) is 17.6. The number of hydrogen-bond donors (Lipinski definition) is 1. The van der Waals surface area contributed by atoms with E-state index >= 15 is 0 Å². The summed E-state index contributed by atoms with van der Waals surface area (Å²) in [4.78, 5) is 12.4. The van der Waals surface area contributed by atoms with Crippen LogP contribution in [0.5, 0.6) is 0 Å². The number of amides is 1. The number of hydrazone groups is 1. The molecule has 0 spiro atoms. The molecule has 0 unspecified atom stereocenters. The number of benzene rings is 2. The topological polar surface area (TPSA) is 44.7 Å². The van der Waals surface area contributed by atoms with Crippen LogP contribution in [0, 0.1) is 0 Å². The molecule has 2 aromatic rings. The van der Waals surface area contributed by atoms with Gasteiger partial charge in [0.1, 0.15) is 0 Å². The van der Waals surface area contributed by atoms with E-state index in [0.717, 1.165) is 15.7 Å². The molecule has 1 amide bonds. The van der Waals surface area contributed by atoms with Gasteiger partial charge in [0.05, 0.1) is 12.2 Å². The Bertz CT molecular complexity index is 849. The third-order valence-electron chi connectivity index (χ3n) is 3.45. The van der Waals surface area contributed by atoms with Crippen LogP contribution in [0.1, 0.15) is 15.9 Å². The van der Waals surface area contributed by atoms with Crippen molar-refractivity contribution in [3.8, 4) is 0 Å². The molecule has 1 N–H and O–H groups in total. The van der Waals surface area contributed by atoms with E-state index < -0.39 is 0 Å². The fourth-order valence-corrected chi connectivity index (χ4v) is 3.48. The van der Waals surface area contributed by atoms with Gasteiger partial charge in [-0.1, -0.05) is 70.2 Å². The first-order valence-corrected chi connectivity index (χ1v) is 9.31. The zero-order valence-electron chi connectivity index (χ0n) is 13.4. The van der Waals surface area contributed by atoms with Crippen molar-refractivity contribution in [1.29, 1.82) is 0 Å². The van der Waals surface area contributed by atoms with Crippen LogP contribution in [0.4, 0.5) is 0 Å². The molecule has 25 heavy (non-hydrogen) atoms. The highest BCUT2D eigenvalue weighted by Gasteiger charge is 2.18. The van der Waals surface area contributed by atoms with E-state index in [4.69, 9.17) is 0 Å². The summed E-state index contributed by atoms with van der Waals surface area (Å²) in [5.74, 6) is -0.192. The lowest BCUT2D eigenvalue weighted by Gasteiger charge is -2.25. The maximum absolute atomic E-state index is 12.4. The van der Waals surface area contributed by atoms with Crippen molar-refractivity contribution < 1.29 is 4.79 Å². The summed E-state index contributed by atoms with van der Waals surface area (Å²) in [6.45, 7) is 4.34. The smallest absolute Gasteiger partial charge is 0.257 e. The Labute approximate surface area is 159 Å². The molecule has 1 aliphatic heterocycles. The van der Waals surface area contributed by atoms with Crippen molar-refractivity contribution in [2.24, 2.45) is 5.10 Å². The lowest BCUT2D eigenvalue weighted by molar-refractivity contribution is 0.0977. The molecule has 126 valence electrons. The predicted molar refractivity (Wildman–Crippen MR) is 108 cm³/mol. The SMILES string of the molecule is C=CCN1N=C(NC(=O)c2cccc(Br)c2)SC=C1c1ccccc1. The molecule has 4 nitrogen and oxygen atoms in total. The Balaban J connectivity index is 1.78. The zero-order valence-corrected chi connectivity index (χ0v) is 15.8. The molecule has 0 saturated carbocycles. The van der Waals surface area contributed by atoms with E-state index in [1.54, 1.807) is 18.2 Å². The molecule has 3 rings (SSSR count). The van der Waals surface area contributed by atoms with Crippen LogP contribution in [0.2, 0.25) is 0 Å². The molecule has 1 aliphatic rings. The Morgan fingerprint density at radius 2 is 2.04 bits per heavy atom. The third kappa shape index (κ3) is 4.41. The summed E-state index contributed by atoms with van der Waals surface area (Å²) in [5.41, 5.74) is 2.62. The Kier molecular flexibility index (Phi) is 5.73. The van der Waals surface area contributed by atoms with Gasteiger partial charge in [0.25, 0.3) is 5.91 Å². The second kappa shape index (κ2) is 8.18. The van der Waals surface area contributed by atoms with Crippen LogP contribution in [0.3, 0.4) is 0 Å². The van der Waals surface area contributed by atoms with Gasteiger partial charge in [-0.3, -0.25) is 15.1 Å². The van der Waals surface area contributed by atoms with E-state index in [2.05, 4.69) is 32.9 Å². The van der Waals surface area contributed by atoms with Gasteiger partial charge in [-0.2, -0.15) is 0 Å². The standard InChI is InChI=1S/C19H16BrN3OS/c1-2-11-23-17(14-7-4-3-5-8-14)13-25-19(22-23)21-18(24)15-9-6-10-16(20)12-15/h2-10,12-13H,1,11H2,(H,21,22,24). The largest absolute Gasteiger partial charge is 0.299 e. The number of halogens is 1. The molecule has 1 heterocycles. The Morgan fingerprint density at radius 3 is 2.76 bits per heavy atom. The minimum Gasteiger partial charge on any atom is -0.299 e. The number of rotatable bonds is 4. The second-order valence-corrected chi connectivity index (χ2v) is 7.00. The van der Waals surface area contributed by atoms with Gasteiger partial charge in [-0.25, -0.2) is 0 Å². The summed E-state index contributed by atoms with van der Waals surface area (Å²) in [6.07, 6.45) is 1.78. The number of nitrogens with zero attached hydrogens (tertiary/aromatic N) is 2. The lowest BCUT2D eigenvalue weighted by Crippen LogP contribution is -2.32. The maximum atomic E-state index is 12.4. The summed E-state index contributed by atoms with van der Waals surface area (Å²) >= 11 is 4.77. The van der Waals surface area contributed by atoms with Gasteiger partial charge in [-0.15, -0.1) is 11.7 Å². The summed E-state index contributed by atoms with van der Waals surface area (Å²) in [6, 6.07) is 17.3. The molecule has 0 aliphatic carbocycles. The average molecular weight is 414 g/mol. The molecular formula is C19H16BrN3OS. The minimum atomic E-state index is -0.192. The average Bonchev–Trinajstić information content (AvgIpc) is 2.63. The van der Waals surface area contributed by atoms with Crippen molar-refractivity contribution >= 4 is 44.5 Å². The number of thioether (sulfide) groups is 1. The van der Waals surface area contributed by atoms with Crippen molar-refractivity contribution in [1.82, 2.24) is 10.3 Å². The lowest BCUT2D eigenvalue weighted by atomic mass is 10.2. The second-order valence-electron chi connectivity index (χ2n) is 5.23. The minimum absolute atomic E-state index is 0.192. The van der Waals surface area contributed by atoms with Gasteiger partial charge in [0.15, 0.2) is 5.17 Å². The van der Waals surface area contributed by atoms with Crippen molar-refractivity contribution in [3.63, 3.8) is 0 Å². The Morgan fingerprint density at radius 1 is 1.24 bits per heavy atom. The normalized spacial score (nSPS) is 13.7. The first-order valence-electron chi connectivity index (χ1n) is 7.63. The number of hydrogen-bond acceptors (Lipinski definition) is 4. The number of carbonyl (C=O) groups excluding carboxylic acids is 1. The van der Waals surface area contributed by atoms with Gasteiger partial charge in [0.2, 0.25) is 0 Å². The van der Waals surface area contributed by atoms with E-state index in [1.165, 1.54) is 11.8 Å². The first-order chi connectivity index (χ1) is 12.2. The molecule has 2 aromatic carbocycles. The highest BCUT2D eigenvalue weighted by Crippen LogP contribution is 2.28. The highest BCUT2D eigenvalue weighted by atomic mass is 79.9. The summed E-state index contributed by atoms with van der Waals surface area (Å²) < 4.78 is 0.859. The van der Waals surface area contributed by atoms with E-state index in [-0.39, 0.29) is 5.91 Å². The molecule has 0 atom stereocenters. The first kappa shape index (κ1) is 17.5. The van der Waals surface area contributed by atoms with Gasteiger partial charge in [-0.05, 0) is 18.2 Å². The molecule has 0 aromatic heterocycles.